The van der Waals surface area contributed by atoms with Crippen molar-refractivity contribution in [2.24, 2.45) is 0 Å². The number of carbonyl (C=O) groups is 1. The Kier molecular flexibility index (Phi) is 2.89. The van der Waals surface area contributed by atoms with Crippen molar-refractivity contribution < 1.29 is 4.79 Å². The number of amides is 1. The number of hydrogen-bond donors (Lipinski definition) is 1. The summed E-state index contributed by atoms with van der Waals surface area (Å²) in [5.41, 5.74) is 1.93. The van der Waals surface area contributed by atoms with Gasteiger partial charge in [0.1, 0.15) is 11.3 Å². The summed E-state index contributed by atoms with van der Waals surface area (Å²) in [5, 5.41) is 6.59. The minimum absolute atomic E-state index is 0.201. The highest BCUT2D eigenvalue weighted by Gasteiger charge is 2.11. The van der Waals surface area contributed by atoms with Crippen molar-refractivity contribution in [3.05, 3.63) is 51.5 Å². The van der Waals surface area contributed by atoms with Crippen LogP contribution in [0.4, 0.5) is 5.69 Å². The molecule has 0 saturated carbocycles. The van der Waals surface area contributed by atoms with Gasteiger partial charge >= 0.3 is 0 Å². The maximum absolute atomic E-state index is 12.0. The molecule has 0 radical (unpaired) electrons. The van der Waals surface area contributed by atoms with Crippen LogP contribution in [0.5, 0.6) is 0 Å². The predicted molar refractivity (Wildman–Crippen MR) is 75.2 cm³/mol. The lowest BCUT2D eigenvalue weighted by atomic mass is 10.4. The second-order valence-corrected chi connectivity index (χ2v) is 5.40. The first-order valence-electron chi connectivity index (χ1n) is 5.20. The molecule has 0 atom stereocenters. The number of thiophene rings is 1. The second kappa shape index (κ2) is 4.55. The number of aromatic nitrogens is 2. The van der Waals surface area contributed by atoms with Crippen LogP contribution in [0.2, 0.25) is 0 Å². The monoisotopic (exact) mass is 321 g/mol. The summed E-state index contributed by atoms with van der Waals surface area (Å²) < 4.78 is 2.75. The van der Waals surface area contributed by atoms with Crippen LogP contribution in [0.15, 0.2) is 45.8 Å². The second-order valence-electron chi connectivity index (χ2n) is 3.70. The third kappa shape index (κ3) is 2.16. The first kappa shape index (κ1) is 11.4. The van der Waals surface area contributed by atoms with Crippen molar-refractivity contribution in [2.75, 3.05) is 5.32 Å². The Morgan fingerprint density at radius 1 is 1.44 bits per heavy atom. The number of anilines is 1. The number of carbonyl (C=O) groups excluding carboxylic acids is 1. The van der Waals surface area contributed by atoms with Gasteiger partial charge in [-0.2, -0.15) is 11.3 Å². The first-order valence-corrected chi connectivity index (χ1v) is 6.94. The summed E-state index contributed by atoms with van der Waals surface area (Å²) in [6.07, 6.45) is 3.57. The normalized spacial score (nSPS) is 10.7. The number of halogens is 1. The van der Waals surface area contributed by atoms with Gasteiger partial charge in [0.2, 0.25) is 0 Å². The third-order valence-corrected chi connectivity index (χ3v) is 3.61. The van der Waals surface area contributed by atoms with Gasteiger partial charge in [0.15, 0.2) is 0 Å². The molecule has 90 valence electrons. The molecule has 3 rings (SSSR count). The highest BCUT2D eigenvalue weighted by atomic mass is 79.9. The van der Waals surface area contributed by atoms with Crippen molar-refractivity contribution >= 4 is 44.5 Å². The van der Waals surface area contributed by atoms with E-state index in [1.807, 2.05) is 39.6 Å². The summed E-state index contributed by atoms with van der Waals surface area (Å²) >= 11 is 4.91. The zero-order valence-electron chi connectivity index (χ0n) is 9.13. The zero-order chi connectivity index (χ0) is 12.5. The van der Waals surface area contributed by atoms with Gasteiger partial charge < -0.3 is 9.72 Å². The van der Waals surface area contributed by atoms with E-state index in [9.17, 15) is 4.79 Å². The van der Waals surface area contributed by atoms with E-state index in [0.717, 1.165) is 15.8 Å². The minimum atomic E-state index is -0.201. The Hall–Kier alpha value is -1.66. The van der Waals surface area contributed by atoms with Crippen LogP contribution in [0.25, 0.3) is 5.65 Å². The van der Waals surface area contributed by atoms with Crippen molar-refractivity contribution in [2.45, 2.75) is 0 Å². The molecule has 0 aliphatic rings. The molecular formula is C12H8BrN3OS. The smallest absolute Gasteiger partial charge is 0.275 e. The fraction of sp³-hybridized carbons (Fsp3) is 0. The van der Waals surface area contributed by atoms with Crippen molar-refractivity contribution in [1.29, 1.82) is 0 Å². The van der Waals surface area contributed by atoms with Crippen LogP contribution in [0, 0.1) is 0 Å². The molecule has 0 bridgehead atoms. The molecule has 0 aromatic carbocycles. The van der Waals surface area contributed by atoms with E-state index >= 15 is 0 Å². The van der Waals surface area contributed by atoms with Crippen LogP contribution in [0.3, 0.4) is 0 Å². The van der Waals surface area contributed by atoms with E-state index in [4.69, 9.17) is 0 Å². The summed E-state index contributed by atoms with van der Waals surface area (Å²) in [6, 6.07) is 5.62. The fourth-order valence-corrected chi connectivity index (χ4v) is 2.51. The molecule has 0 fully saturated rings. The van der Waals surface area contributed by atoms with Crippen LogP contribution in [-0.4, -0.2) is 15.3 Å². The summed E-state index contributed by atoms with van der Waals surface area (Å²) in [5.74, 6) is -0.201. The quantitative estimate of drug-likeness (QED) is 0.786. The predicted octanol–water partition coefficient (Wildman–Crippen LogP) is 3.41. The maximum Gasteiger partial charge on any atom is 0.275 e. The third-order valence-electron chi connectivity index (χ3n) is 2.43. The topological polar surface area (TPSA) is 46.4 Å². The minimum Gasteiger partial charge on any atom is -0.320 e. The lowest BCUT2D eigenvalue weighted by molar-refractivity contribution is 0.102. The Morgan fingerprint density at radius 2 is 2.33 bits per heavy atom. The van der Waals surface area contributed by atoms with Crippen LogP contribution in [-0.2, 0) is 0 Å². The molecule has 0 unspecified atom stereocenters. The van der Waals surface area contributed by atoms with Crippen LogP contribution >= 0.6 is 27.3 Å². The zero-order valence-corrected chi connectivity index (χ0v) is 11.5. The van der Waals surface area contributed by atoms with E-state index in [0.29, 0.717) is 5.69 Å². The molecule has 6 heteroatoms. The average Bonchev–Trinajstić information content (AvgIpc) is 2.96. The van der Waals surface area contributed by atoms with Crippen molar-refractivity contribution in [3.8, 4) is 0 Å². The van der Waals surface area contributed by atoms with Crippen LogP contribution in [0.1, 0.15) is 10.5 Å². The fourth-order valence-electron chi connectivity index (χ4n) is 1.60. The summed E-state index contributed by atoms with van der Waals surface area (Å²) in [6.45, 7) is 0. The van der Waals surface area contributed by atoms with Crippen molar-refractivity contribution in [3.63, 3.8) is 0 Å². The van der Waals surface area contributed by atoms with Crippen molar-refractivity contribution in [1.82, 2.24) is 9.38 Å². The summed E-state index contributed by atoms with van der Waals surface area (Å²) in [4.78, 5) is 16.3. The molecule has 18 heavy (non-hydrogen) atoms. The van der Waals surface area contributed by atoms with Gasteiger partial charge in [0.25, 0.3) is 5.91 Å². The average molecular weight is 322 g/mol. The Labute approximate surface area is 115 Å². The highest BCUT2D eigenvalue weighted by Crippen LogP contribution is 2.15. The summed E-state index contributed by atoms with van der Waals surface area (Å²) in [7, 11) is 0. The van der Waals surface area contributed by atoms with Gasteiger partial charge in [-0.1, -0.05) is 15.9 Å². The van der Waals surface area contributed by atoms with Gasteiger partial charge in [0.05, 0.1) is 5.69 Å². The largest absolute Gasteiger partial charge is 0.320 e. The van der Waals surface area contributed by atoms with E-state index in [1.165, 1.54) is 11.3 Å². The Bertz CT molecular complexity index is 705. The first-order chi connectivity index (χ1) is 8.72. The molecule has 3 aromatic heterocycles. The van der Waals surface area contributed by atoms with Gasteiger partial charge in [-0.3, -0.25) is 4.79 Å². The molecule has 0 spiro atoms. The molecular weight excluding hydrogens is 314 g/mol. The number of pyridine rings is 1. The number of nitrogens with zero attached hydrogens (tertiary/aromatic N) is 2. The molecule has 1 amide bonds. The number of rotatable bonds is 2. The number of imidazole rings is 1. The van der Waals surface area contributed by atoms with E-state index < -0.39 is 0 Å². The van der Waals surface area contributed by atoms with Gasteiger partial charge in [-0.05, 0) is 23.6 Å². The molecule has 0 saturated heterocycles. The Morgan fingerprint density at radius 3 is 3.11 bits per heavy atom. The molecule has 0 aliphatic heterocycles. The molecule has 4 nitrogen and oxygen atoms in total. The molecule has 0 aliphatic carbocycles. The van der Waals surface area contributed by atoms with E-state index in [1.54, 1.807) is 6.20 Å². The molecule has 3 aromatic rings. The standard InChI is InChI=1S/C12H8BrN3OS/c13-8-1-3-16-6-10(15-11(16)5-8)12(17)14-9-2-4-18-7-9/h1-7H,(H,14,17). The SMILES string of the molecule is O=C(Nc1ccsc1)c1cn2ccc(Br)cc2n1. The van der Waals surface area contributed by atoms with Gasteiger partial charge in [0, 0.05) is 22.2 Å². The van der Waals surface area contributed by atoms with E-state index in [2.05, 4.69) is 26.2 Å². The Balaban J connectivity index is 1.92. The number of hydrogen-bond acceptors (Lipinski definition) is 3. The highest BCUT2D eigenvalue weighted by molar-refractivity contribution is 9.10. The number of nitrogens with one attached hydrogen (secondary N) is 1. The van der Waals surface area contributed by atoms with Gasteiger partial charge in [-0.25, -0.2) is 4.98 Å². The molecule has 1 N–H and O–H groups in total. The molecule has 3 heterocycles. The van der Waals surface area contributed by atoms with Gasteiger partial charge in [-0.15, -0.1) is 0 Å². The van der Waals surface area contributed by atoms with Crippen LogP contribution < -0.4 is 5.32 Å². The maximum atomic E-state index is 12.0. The lowest BCUT2D eigenvalue weighted by Gasteiger charge is -1.97. The lowest BCUT2D eigenvalue weighted by Crippen LogP contribution is -2.11. The van der Waals surface area contributed by atoms with E-state index in [-0.39, 0.29) is 5.91 Å². The number of fused-ring (bicyclic) bond motifs is 1.